The van der Waals surface area contributed by atoms with E-state index in [2.05, 4.69) is 0 Å². The number of hydrogen-bond acceptors (Lipinski definition) is 4. The Balaban J connectivity index is 2.98. The largest absolute Gasteiger partial charge is 0.389 e. The molecular weight excluding hydrogens is 206 g/mol. The molecular formula is C12H17NO3. The third-order valence-corrected chi connectivity index (χ3v) is 2.42. The van der Waals surface area contributed by atoms with Crippen molar-refractivity contribution in [2.75, 3.05) is 6.54 Å². The van der Waals surface area contributed by atoms with Gasteiger partial charge in [-0.25, -0.2) is 0 Å². The Morgan fingerprint density at radius 2 is 2.00 bits per heavy atom. The fraction of sp³-hybridized carbons (Fsp3) is 0.417. The molecule has 0 saturated heterocycles. The van der Waals surface area contributed by atoms with E-state index in [0.29, 0.717) is 5.56 Å². The van der Waals surface area contributed by atoms with Crippen LogP contribution >= 0.6 is 0 Å². The van der Waals surface area contributed by atoms with Gasteiger partial charge in [0.25, 0.3) is 0 Å². The van der Waals surface area contributed by atoms with Gasteiger partial charge in [0, 0.05) is 13.0 Å². The van der Waals surface area contributed by atoms with Gasteiger partial charge in [0.2, 0.25) is 0 Å². The van der Waals surface area contributed by atoms with Gasteiger partial charge in [0.1, 0.15) is 11.9 Å². The number of nitrogens with two attached hydrogens (primary N) is 1. The number of aliphatic hydroxyl groups is 2. The molecule has 4 N–H and O–H groups in total. The maximum absolute atomic E-state index is 11.1. The van der Waals surface area contributed by atoms with Crippen molar-refractivity contribution >= 4 is 5.78 Å². The second-order valence-electron chi connectivity index (χ2n) is 3.83. The first-order valence-corrected chi connectivity index (χ1v) is 5.19. The van der Waals surface area contributed by atoms with Crippen molar-refractivity contribution in [2.24, 2.45) is 5.73 Å². The Morgan fingerprint density at radius 1 is 1.38 bits per heavy atom. The molecule has 4 heteroatoms. The maximum Gasteiger partial charge on any atom is 0.134 e. The quantitative estimate of drug-likeness (QED) is 0.664. The van der Waals surface area contributed by atoms with Crippen LogP contribution in [0, 0.1) is 0 Å². The second kappa shape index (κ2) is 5.75. The summed E-state index contributed by atoms with van der Waals surface area (Å²) in [5.74, 6) is 0.0156. The van der Waals surface area contributed by atoms with E-state index >= 15 is 0 Å². The zero-order valence-electron chi connectivity index (χ0n) is 9.26. The fourth-order valence-corrected chi connectivity index (χ4v) is 1.59. The van der Waals surface area contributed by atoms with Crippen LogP contribution in [0.15, 0.2) is 24.3 Å². The summed E-state index contributed by atoms with van der Waals surface area (Å²) in [4.78, 5) is 11.1. The lowest BCUT2D eigenvalue weighted by Gasteiger charge is -2.19. The van der Waals surface area contributed by atoms with E-state index in [9.17, 15) is 15.0 Å². The number of Topliss-reactive ketones (excluding diaryl/α,β-unsaturated/α-hetero) is 1. The molecule has 2 unspecified atom stereocenters. The minimum absolute atomic E-state index is 0.0156. The zero-order chi connectivity index (χ0) is 12.1. The van der Waals surface area contributed by atoms with Crippen molar-refractivity contribution in [1.29, 1.82) is 0 Å². The van der Waals surface area contributed by atoms with E-state index in [-0.39, 0.29) is 18.7 Å². The van der Waals surface area contributed by atoms with Gasteiger partial charge >= 0.3 is 0 Å². The summed E-state index contributed by atoms with van der Waals surface area (Å²) in [7, 11) is 0. The summed E-state index contributed by atoms with van der Waals surface area (Å²) in [5, 5.41) is 19.3. The Bertz CT molecular complexity index is 365. The molecule has 0 aromatic heterocycles. The Morgan fingerprint density at radius 3 is 2.56 bits per heavy atom. The van der Waals surface area contributed by atoms with Crippen LogP contribution in [0.4, 0.5) is 0 Å². The van der Waals surface area contributed by atoms with Crippen LogP contribution in [-0.2, 0) is 11.2 Å². The van der Waals surface area contributed by atoms with E-state index in [1.54, 1.807) is 24.3 Å². The SMILES string of the molecule is CC(=O)Cc1ccccc1C(O)C(O)CN. The summed E-state index contributed by atoms with van der Waals surface area (Å²) in [6.45, 7) is 1.47. The van der Waals surface area contributed by atoms with Gasteiger partial charge in [0.15, 0.2) is 0 Å². The third-order valence-electron chi connectivity index (χ3n) is 2.42. The van der Waals surface area contributed by atoms with Gasteiger partial charge in [-0.2, -0.15) is 0 Å². The van der Waals surface area contributed by atoms with E-state index < -0.39 is 12.2 Å². The average Bonchev–Trinajstić information content (AvgIpc) is 2.27. The average molecular weight is 223 g/mol. The van der Waals surface area contributed by atoms with Crippen LogP contribution in [-0.4, -0.2) is 28.6 Å². The monoisotopic (exact) mass is 223 g/mol. The lowest BCUT2D eigenvalue weighted by atomic mass is 9.96. The number of ketones is 1. The van der Waals surface area contributed by atoms with E-state index in [4.69, 9.17) is 5.73 Å². The second-order valence-corrected chi connectivity index (χ2v) is 3.83. The summed E-state index contributed by atoms with van der Waals surface area (Å²) in [5.41, 5.74) is 6.58. The topological polar surface area (TPSA) is 83.5 Å². The standard InChI is InChI=1S/C12H17NO3/c1-8(14)6-9-4-2-3-5-10(9)12(16)11(15)7-13/h2-5,11-12,15-16H,6-7,13H2,1H3. The van der Waals surface area contributed by atoms with E-state index in [0.717, 1.165) is 5.56 Å². The number of hydrogen-bond donors (Lipinski definition) is 3. The zero-order valence-corrected chi connectivity index (χ0v) is 9.26. The molecule has 88 valence electrons. The Kier molecular flexibility index (Phi) is 4.61. The molecule has 1 aromatic carbocycles. The third kappa shape index (κ3) is 3.13. The van der Waals surface area contributed by atoms with Crippen LogP contribution in [0.25, 0.3) is 0 Å². The highest BCUT2D eigenvalue weighted by Crippen LogP contribution is 2.21. The number of rotatable bonds is 5. The molecule has 1 aromatic rings. The fourth-order valence-electron chi connectivity index (χ4n) is 1.59. The smallest absolute Gasteiger partial charge is 0.134 e. The number of benzene rings is 1. The lowest BCUT2D eigenvalue weighted by Crippen LogP contribution is -2.28. The van der Waals surface area contributed by atoms with Gasteiger partial charge in [-0.1, -0.05) is 24.3 Å². The van der Waals surface area contributed by atoms with Crippen LogP contribution in [0.3, 0.4) is 0 Å². The normalized spacial score (nSPS) is 14.5. The number of carbonyl (C=O) groups excluding carboxylic acids is 1. The highest BCUT2D eigenvalue weighted by molar-refractivity contribution is 5.78. The van der Waals surface area contributed by atoms with Crippen LogP contribution in [0.5, 0.6) is 0 Å². The molecule has 0 saturated carbocycles. The van der Waals surface area contributed by atoms with Gasteiger partial charge in [0.05, 0.1) is 6.10 Å². The highest BCUT2D eigenvalue weighted by atomic mass is 16.3. The minimum Gasteiger partial charge on any atom is -0.389 e. The van der Waals surface area contributed by atoms with Gasteiger partial charge in [-0.15, -0.1) is 0 Å². The summed E-state index contributed by atoms with van der Waals surface area (Å²) >= 11 is 0. The molecule has 0 aliphatic rings. The van der Waals surface area contributed by atoms with E-state index in [1.807, 2.05) is 0 Å². The van der Waals surface area contributed by atoms with Gasteiger partial charge in [-0.05, 0) is 18.1 Å². The van der Waals surface area contributed by atoms with Crippen molar-refractivity contribution in [1.82, 2.24) is 0 Å². The van der Waals surface area contributed by atoms with Gasteiger partial charge in [-0.3, -0.25) is 4.79 Å². The first kappa shape index (κ1) is 12.8. The predicted molar refractivity (Wildman–Crippen MR) is 60.8 cm³/mol. The Labute approximate surface area is 94.7 Å². The first-order valence-electron chi connectivity index (χ1n) is 5.19. The summed E-state index contributed by atoms with van der Waals surface area (Å²) in [6, 6.07) is 7.01. The minimum atomic E-state index is -1.04. The van der Waals surface area contributed by atoms with Crippen LogP contribution < -0.4 is 5.73 Å². The molecule has 0 fully saturated rings. The van der Waals surface area contributed by atoms with E-state index in [1.165, 1.54) is 6.92 Å². The number of carbonyl (C=O) groups is 1. The molecule has 0 aliphatic carbocycles. The maximum atomic E-state index is 11.1. The van der Waals surface area contributed by atoms with Crippen molar-refractivity contribution in [3.63, 3.8) is 0 Å². The molecule has 0 heterocycles. The molecule has 4 nitrogen and oxygen atoms in total. The molecule has 0 aliphatic heterocycles. The van der Waals surface area contributed by atoms with Crippen molar-refractivity contribution < 1.29 is 15.0 Å². The molecule has 0 radical (unpaired) electrons. The van der Waals surface area contributed by atoms with Crippen LogP contribution in [0.2, 0.25) is 0 Å². The van der Waals surface area contributed by atoms with Crippen molar-refractivity contribution in [3.8, 4) is 0 Å². The number of aliphatic hydroxyl groups excluding tert-OH is 2. The molecule has 1 rings (SSSR count). The lowest BCUT2D eigenvalue weighted by molar-refractivity contribution is -0.116. The predicted octanol–water partition coefficient (Wildman–Crippen LogP) is 0.171. The first-order chi connectivity index (χ1) is 7.56. The summed E-state index contributed by atoms with van der Waals surface area (Å²) in [6.07, 6.45) is -1.79. The Hall–Kier alpha value is -1.23. The molecule has 16 heavy (non-hydrogen) atoms. The molecule has 2 atom stereocenters. The molecule has 0 spiro atoms. The molecule has 0 amide bonds. The van der Waals surface area contributed by atoms with Gasteiger partial charge < -0.3 is 15.9 Å². The van der Waals surface area contributed by atoms with Crippen molar-refractivity contribution in [3.05, 3.63) is 35.4 Å². The van der Waals surface area contributed by atoms with Crippen molar-refractivity contribution in [2.45, 2.75) is 25.6 Å². The highest BCUT2D eigenvalue weighted by Gasteiger charge is 2.19. The van der Waals surface area contributed by atoms with Crippen LogP contribution in [0.1, 0.15) is 24.2 Å². The molecule has 0 bridgehead atoms. The summed E-state index contributed by atoms with van der Waals surface area (Å²) < 4.78 is 0.